The Kier molecular flexibility index (Phi) is 6.35. The number of ether oxygens (including phenoxy) is 1. The number of halogens is 1. The molecule has 4 aromatic carbocycles. The molecule has 0 amide bonds. The molecule has 7 heteroatoms. The molecule has 0 bridgehead atoms. The van der Waals surface area contributed by atoms with Gasteiger partial charge in [-0.1, -0.05) is 60.2 Å². The molecule has 0 fully saturated rings. The van der Waals surface area contributed by atoms with Gasteiger partial charge in [0.2, 0.25) is 5.82 Å². The van der Waals surface area contributed by atoms with Gasteiger partial charge in [-0.3, -0.25) is 4.79 Å². The number of para-hydroxylation sites is 2. The van der Waals surface area contributed by atoms with E-state index in [2.05, 4.69) is 52.2 Å². The van der Waals surface area contributed by atoms with E-state index < -0.39 is 0 Å². The molecule has 0 unspecified atom stereocenters. The van der Waals surface area contributed by atoms with Crippen LogP contribution in [-0.4, -0.2) is 15.9 Å². The highest BCUT2D eigenvalue weighted by Crippen LogP contribution is 2.28. The van der Waals surface area contributed by atoms with Crippen LogP contribution in [0.25, 0.3) is 33.5 Å². The minimum Gasteiger partial charge on any atom is -0.488 e. The van der Waals surface area contributed by atoms with E-state index in [1.54, 1.807) is 12.3 Å². The Balaban J connectivity index is 1.34. The van der Waals surface area contributed by atoms with Crippen molar-refractivity contribution < 1.29 is 9.15 Å². The lowest BCUT2D eigenvalue weighted by Gasteiger charge is -2.09. The normalized spacial score (nSPS) is 11.5. The van der Waals surface area contributed by atoms with Gasteiger partial charge in [0.1, 0.15) is 17.9 Å². The Morgan fingerprint density at radius 1 is 0.974 bits per heavy atom. The van der Waals surface area contributed by atoms with E-state index >= 15 is 0 Å². The number of furan rings is 1. The number of hydrogen-bond acceptors (Lipinski definition) is 5. The maximum absolute atomic E-state index is 13.5. The van der Waals surface area contributed by atoms with Crippen LogP contribution in [0.3, 0.4) is 0 Å². The van der Waals surface area contributed by atoms with Crippen LogP contribution in [0.15, 0.2) is 116 Å². The van der Waals surface area contributed by atoms with Gasteiger partial charge < -0.3 is 9.15 Å². The number of fused-ring (bicyclic) bond motifs is 2. The van der Waals surface area contributed by atoms with E-state index in [9.17, 15) is 4.79 Å². The Hall–Kier alpha value is -4.49. The van der Waals surface area contributed by atoms with Crippen LogP contribution >= 0.6 is 15.9 Å². The second-order valence-electron chi connectivity index (χ2n) is 8.93. The molecule has 6 rings (SSSR count). The molecule has 186 valence electrons. The predicted octanol–water partition coefficient (Wildman–Crippen LogP) is 7.34. The summed E-state index contributed by atoms with van der Waals surface area (Å²) >= 11 is 3.59. The van der Waals surface area contributed by atoms with Crippen molar-refractivity contribution in [3.05, 3.63) is 129 Å². The fourth-order valence-electron chi connectivity index (χ4n) is 4.17. The first-order valence-corrected chi connectivity index (χ1v) is 12.9. The van der Waals surface area contributed by atoms with Crippen molar-refractivity contribution in [1.29, 1.82) is 0 Å². The summed E-state index contributed by atoms with van der Waals surface area (Å²) < 4.78 is 14.1. The fourth-order valence-corrected chi connectivity index (χ4v) is 4.68. The third-order valence-electron chi connectivity index (χ3n) is 6.19. The Morgan fingerprint density at radius 2 is 1.76 bits per heavy atom. The minimum absolute atomic E-state index is 0.278. The highest BCUT2D eigenvalue weighted by atomic mass is 79.9. The third-order valence-corrected chi connectivity index (χ3v) is 6.81. The van der Waals surface area contributed by atoms with Gasteiger partial charge in [0, 0.05) is 5.39 Å². The molecular formula is C31H22BrN3O3. The first-order valence-electron chi connectivity index (χ1n) is 12.1. The summed E-state index contributed by atoms with van der Waals surface area (Å²) in [5.41, 5.74) is 4.11. The summed E-state index contributed by atoms with van der Waals surface area (Å²) in [5, 5.41) is 5.94. The van der Waals surface area contributed by atoms with Crippen molar-refractivity contribution >= 4 is 44.0 Å². The molecule has 2 heterocycles. The van der Waals surface area contributed by atoms with Crippen LogP contribution in [0, 0.1) is 6.92 Å². The highest BCUT2D eigenvalue weighted by molar-refractivity contribution is 9.10. The molecule has 2 aromatic heterocycles. The van der Waals surface area contributed by atoms with E-state index in [1.807, 2.05) is 66.7 Å². The summed E-state index contributed by atoms with van der Waals surface area (Å²) in [6.07, 6.45) is 1.62. The Labute approximate surface area is 227 Å². The van der Waals surface area contributed by atoms with Crippen LogP contribution in [0.5, 0.6) is 5.75 Å². The van der Waals surface area contributed by atoms with E-state index in [-0.39, 0.29) is 5.56 Å². The molecule has 6 aromatic rings. The standard InChI is InChI=1S/C31H22BrN3O3/c1-20-10-12-21(13-11-20)19-37-28-15-14-22(16-25(28)32)18-33-35-30(29-17-23-6-2-5-9-27(23)38-29)34-26-8-4-3-7-24(26)31(35)36/h2-18H,19H2,1H3. The Morgan fingerprint density at radius 3 is 2.58 bits per heavy atom. The van der Waals surface area contributed by atoms with E-state index in [0.29, 0.717) is 34.7 Å². The number of benzene rings is 4. The van der Waals surface area contributed by atoms with Gasteiger partial charge in [-0.2, -0.15) is 9.78 Å². The van der Waals surface area contributed by atoms with E-state index in [1.165, 1.54) is 10.2 Å². The topological polar surface area (TPSA) is 69.6 Å². The van der Waals surface area contributed by atoms with E-state index in [4.69, 9.17) is 14.1 Å². The first kappa shape index (κ1) is 23.9. The maximum atomic E-state index is 13.5. The molecular weight excluding hydrogens is 542 g/mol. The lowest BCUT2D eigenvalue weighted by Crippen LogP contribution is -2.20. The average molecular weight is 564 g/mol. The molecule has 0 aliphatic carbocycles. The second-order valence-corrected chi connectivity index (χ2v) is 9.78. The molecule has 0 aliphatic rings. The summed E-state index contributed by atoms with van der Waals surface area (Å²) in [4.78, 5) is 18.2. The van der Waals surface area contributed by atoms with Crippen LogP contribution < -0.4 is 10.3 Å². The second kappa shape index (κ2) is 10.1. The predicted molar refractivity (Wildman–Crippen MR) is 154 cm³/mol. The molecule has 0 radical (unpaired) electrons. The molecule has 38 heavy (non-hydrogen) atoms. The zero-order valence-corrected chi connectivity index (χ0v) is 22.1. The first-order chi connectivity index (χ1) is 18.5. The third kappa shape index (κ3) is 4.76. The van der Waals surface area contributed by atoms with Crippen LogP contribution in [0.4, 0.5) is 0 Å². The molecule has 0 saturated heterocycles. The van der Waals surface area contributed by atoms with Gasteiger partial charge >= 0.3 is 0 Å². The van der Waals surface area contributed by atoms with Crippen molar-refractivity contribution in [2.45, 2.75) is 13.5 Å². The number of aromatic nitrogens is 2. The van der Waals surface area contributed by atoms with Crippen LogP contribution in [0.1, 0.15) is 16.7 Å². The number of hydrogen-bond donors (Lipinski definition) is 0. The number of rotatable bonds is 6. The van der Waals surface area contributed by atoms with Crippen molar-refractivity contribution in [3.63, 3.8) is 0 Å². The quantitative estimate of drug-likeness (QED) is 0.199. The SMILES string of the molecule is Cc1ccc(COc2ccc(C=Nn3c(-c4cc5ccccc5o4)nc4ccccc4c3=O)cc2Br)cc1. The minimum atomic E-state index is -0.278. The van der Waals surface area contributed by atoms with E-state index in [0.717, 1.165) is 26.7 Å². The van der Waals surface area contributed by atoms with Crippen LogP contribution in [-0.2, 0) is 6.61 Å². The fraction of sp³-hybridized carbons (Fsp3) is 0.0645. The molecule has 6 nitrogen and oxygen atoms in total. The van der Waals surface area contributed by atoms with Gasteiger partial charge in [-0.15, -0.1) is 0 Å². The number of nitrogens with zero attached hydrogens (tertiary/aromatic N) is 3. The smallest absolute Gasteiger partial charge is 0.282 e. The van der Waals surface area contributed by atoms with Crippen molar-refractivity contribution in [1.82, 2.24) is 9.66 Å². The molecule has 0 aliphatic heterocycles. The summed E-state index contributed by atoms with van der Waals surface area (Å²) in [7, 11) is 0. The molecule has 0 saturated carbocycles. The average Bonchev–Trinajstić information content (AvgIpc) is 3.37. The van der Waals surface area contributed by atoms with Crippen molar-refractivity contribution in [3.8, 4) is 17.3 Å². The largest absolute Gasteiger partial charge is 0.488 e. The zero-order chi connectivity index (χ0) is 26.1. The van der Waals surface area contributed by atoms with Crippen molar-refractivity contribution in [2.24, 2.45) is 5.10 Å². The molecule has 0 N–H and O–H groups in total. The summed E-state index contributed by atoms with van der Waals surface area (Å²) in [5.74, 6) is 1.51. The van der Waals surface area contributed by atoms with Gasteiger partial charge in [-0.05, 0) is 76.4 Å². The van der Waals surface area contributed by atoms with Gasteiger partial charge in [-0.25, -0.2) is 4.98 Å². The molecule has 0 atom stereocenters. The van der Waals surface area contributed by atoms with Crippen molar-refractivity contribution in [2.75, 3.05) is 0 Å². The number of aryl methyl sites for hydroxylation is 1. The van der Waals surface area contributed by atoms with Crippen LogP contribution in [0.2, 0.25) is 0 Å². The molecule has 0 spiro atoms. The van der Waals surface area contributed by atoms with Gasteiger partial charge in [0.25, 0.3) is 5.56 Å². The van der Waals surface area contributed by atoms with Gasteiger partial charge in [0.05, 0.1) is 21.6 Å². The van der Waals surface area contributed by atoms with Gasteiger partial charge in [0.15, 0.2) is 5.76 Å². The lowest BCUT2D eigenvalue weighted by molar-refractivity contribution is 0.304. The lowest BCUT2D eigenvalue weighted by atomic mass is 10.2. The summed E-state index contributed by atoms with van der Waals surface area (Å²) in [6.45, 7) is 2.52. The summed E-state index contributed by atoms with van der Waals surface area (Å²) in [6, 6.07) is 30.7. The monoisotopic (exact) mass is 563 g/mol. The maximum Gasteiger partial charge on any atom is 0.282 e. The highest BCUT2D eigenvalue weighted by Gasteiger charge is 2.16. The zero-order valence-electron chi connectivity index (χ0n) is 20.5. The Bertz CT molecular complexity index is 1840.